The van der Waals surface area contributed by atoms with Gasteiger partial charge in [-0.15, -0.1) is 0 Å². The number of benzene rings is 1. The summed E-state index contributed by atoms with van der Waals surface area (Å²) in [6.45, 7) is 0. The Morgan fingerprint density at radius 2 is 1.89 bits per heavy atom. The molecule has 3 aromatic rings. The van der Waals surface area contributed by atoms with Crippen LogP contribution in [0.1, 0.15) is 0 Å². The number of pyridine rings is 1. The zero-order chi connectivity index (χ0) is 13.2. The number of nitrogens with zero attached hydrogens (tertiary/aromatic N) is 3. The van der Waals surface area contributed by atoms with Gasteiger partial charge in [-0.2, -0.15) is 4.98 Å². The second-order valence-corrected chi connectivity index (χ2v) is 4.64. The molecule has 19 heavy (non-hydrogen) atoms. The number of fused-ring (bicyclic) bond motifs is 1. The van der Waals surface area contributed by atoms with Crippen molar-refractivity contribution in [3.8, 4) is 11.6 Å². The molecule has 1 aromatic carbocycles. The van der Waals surface area contributed by atoms with Gasteiger partial charge in [0.1, 0.15) is 5.52 Å². The molecule has 0 N–H and O–H groups in total. The normalized spacial score (nSPS) is 10.6. The summed E-state index contributed by atoms with van der Waals surface area (Å²) in [4.78, 5) is 12.3. The third-order valence-corrected chi connectivity index (χ3v) is 2.91. The van der Waals surface area contributed by atoms with E-state index in [0.29, 0.717) is 11.2 Å². The Balaban J connectivity index is 1.98. The van der Waals surface area contributed by atoms with E-state index in [1.165, 1.54) is 12.1 Å². The van der Waals surface area contributed by atoms with E-state index >= 15 is 0 Å². The lowest BCUT2D eigenvalue weighted by molar-refractivity contribution is 0.428. The molecule has 0 amide bonds. The molecule has 6 heteroatoms. The molecule has 94 valence electrons. The molecular formula is C13H7BrFN3O. The molecule has 0 unspecified atom stereocenters. The molecule has 2 heterocycles. The van der Waals surface area contributed by atoms with Crippen LogP contribution in [0, 0.1) is 5.82 Å². The van der Waals surface area contributed by atoms with E-state index in [1.807, 2.05) is 0 Å². The van der Waals surface area contributed by atoms with Crippen molar-refractivity contribution >= 4 is 27.1 Å². The highest BCUT2D eigenvalue weighted by Gasteiger charge is 2.07. The van der Waals surface area contributed by atoms with E-state index < -0.39 is 5.82 Å². The Hall–Kier alpha value is -2.08. The van der Waals surface area contributed by atoms with Crippen molar-refractivity contribution in [2.24, 2.45) is 0 Å². The van der Waals surface area contributed by atoms with Crippen molar-refractivity contribution in [2.75, 3.05) is 0 Å². The van der Waals surface area contributed by atoms with E-state index in [4.69, 9.17) is 4.74 Å². The van der Waals surface area contributed by atoms with Crippen LogP contribution in [0.5, 0.6) is 11.6 Å². The fourth-order valence-electron chi connectivity index (χ4n) is 1.56. The topological polar surface area (TPSA) is 47.9 Å². The Bertz CT molecular complexity index is 751. The standard InChI is InChI=1S/C13H7BrFN3O/c14-8-1-2-9(15)11(7-8)19-12-4-3-10-13(18-12)17-6-5-16-10/h1-7H. The molecule has 0 aliphatic heterocycles. The third kappa shape index (κ3) is 2.53. The van der Waals surface area contributed by atoms with Crippen molar-refractivity contribution in [1.29, 1.82) is 0 Å². The number of ether oxygens (including phenoxy) is 1. The lowest BCUT2D eigenvalue weighted by atomic mass is 10.3. The molecule has 0 spiro atoms. The molecular weight excluding hydrogens is 313 g/mol. The summed E-state index contributed by atoms with van der Waals surface area (Å²) < 4.78 is 19.7. The maximum atomic E-state index is 13.6. The van der Waals surface area contributed by atoms with E-state index in [9.17, 15) is 4.39 Å². The van der Waals surface area contributed by atoms with Gasteiger partial charge in [-0.3, -0.25) is 4.98 Å². The van der Waals surface area contributed by atoms with Gasteiger partial charge in [0.2, 0.25) is 5.88 Å². The predicted octanol–water partition coefficient (Wildman–Crippen LogP) is 3.72. The summed E-state index contributed by atoms with van der Waals surface area (Å²) in [5.74, 6) is -0.0839. The first-order valence-electron chi connectivity index (χ1n) is 5.43. The molecule has 0 aliphatic rings. The summed E-state index contributed by atoms with van der Waals surface area (Å²) in [5.41, 5.74) is 1.11. The Kier molecular flexibility index (Phi) is 3.08. The second kappa shape index (κ2) is 4.89. The molecule has 0 saturated heterocycles. The van der Waals surface area contributed by atoms with Crippen LogP contribution < -0.4 is 4.74 Å². The molecule has 0 radical (unpaired) electrons. The minimum atomic E-state index is -0.454. The van der Waals surface area contributed by atoms with Gasteiger partial charge < -0.3 is 4.74 Å². The van der Waals surface area contributed by atoms with Gasteiger partial charge in [0.15, 0.2) is 17.2 Å². The molecule has 3 rings (SSSR count). The first-order chi connectivity index (χ1) is 9.22. The number of hydrogen-bond donors (Lipinski definition) is 0. The molecule has 0 atom stereocenters. The number of rotatable bonds is 2. The second-order valence-electron chi connectivity index (χ2n) is 3.73. The number of aromatic nitrogens is 3. The molecule has 0 saturated carbocycles. The van der Waals surface area contributed by atoms with Crippen molar-refractivity contribution < 1.29 is 9.13 Å². The summed E-state index contributed by atoms with van der Waals surface area (Å²) in [7, 11) is 0. The molecule has 4 nitrogen and oxygen atoms in total. The zero-order valence-corrected chi connectivity index (χ0v) is 11.1. The highest BCUT2D eigenvalue weighted by molar-refractivity contribution is 9.10. The SMILES string of the molecule is Fc1ccc(Br)cc1Oc1ccc2nccnc2n1. The van der Waals surface area contributed by atoms with Crippen LogP contribution in [0.3, 0.4) is 0 Å². The van der Waals surface area contributed by atoms with Crippen molar-refractivity contribution in [3.63, 3.8) is 0 Å². The molecule has 0 bridgehead atoms. The highest BCUT2D eigenvalue weighted by Crippen LogP contribution is 2.27. The fourth-order valence-corrected chi connectivity index (χ4v) is 1.90. The summed E-state index contributed by atoms with van der Waals surface area (Å²) >= 11 is 3.26. The van der Waals surface area contributed by atoms with E-state index in [2.05, 4.69) is 30.9 Å². The van der Waals surface area contributed by atoms with Crippen molar-refractivity contribution in [1.82, 2.24) is 15.0 Å². The van der Waals surface area contributed by atoms with Gasteiger partial charge in [-0.1, -0.05) is 15.9 Å². The third-order valence-electron chi connectivity index (χ3n) is 2.41. The van der Waals surface area contributed by atoms with E-state index in [0.717, 1.165) is 4.47 Å². The minimum absolute atomic E-state index is 0.102. The fraction of sp³-hybridized carbons (Fsp3) is 0. The van der Waals surface area contributed by atoms with Crippen LogP contribution >= 0.6 is 15.9 Å². The number of halogens is 2. The Morgan fingerprint density at radius 3 is 2.79 bits per heavy atom. The van der Waals surface area contributed by atoms with Crippen LogP contribution in [0.4, 0.5) is 4.39 Å². The molecule has 0 fully saturated rings. The van der Waals surface area contributed by atoms with Gasteiger partial charge in [0, 0.05) is 22.9 Å². The molecule has 0 aliphatic carbocycles. The average Bonchev–Trinajstić information content (AvgIpc) is 2.43. The largest absolute Gasteiger partial charge is 0.436 e. The lowest BCUT2D eigenvalue weighted by Gasteiger charge is -2.06. The van der Waals surface area contributed by atoms with E-state index in [-0.39, 0.29) is 11.6 Å². The first kappa shape index (κ1) is 12.0. The quantitative estimate of drug-likeness (QED) is 0.722. The van der Waals surface area contributed by atoms with Crippen LogP contribution in [0.25, 0.3) is 11.2 Å². The first-order valence-corrected chi connectivity index (χ1v) is 6.22. The van der Waals surface area contributed by atoms with Crippen molar-refractivity contribution in [2.45, 2.75) is 0 Å². The van der Waals surface area contributed by atoms with Gasteiger partial charge in [-0.05, 0) is 24.3 Å². The average molecular weight is 320 g/mol. The summed E-state index contributed by atoms with van der Waals surface area (Å²) in [5, 5.41) is 0. The lowest BCUT2D eigenvalue weighted by Crippen LogP contribution is -1.93. The van der Waals surface area contributed by atoms with Gasteiger partial charge in [-0.25, -0.2) is 9.37 Å². The van der Waals surface area contributed by atoms with Crippen LogP contribution in [-0.2, 0) is 0 Å². The summed E-state index contributed by atoms with van der Waals surface area (Å²) in [6.07, 6.45) is 3.12. The zero-order valence-electron chi connectivity index (χ0n) is 9.55. The van der Waals surface area contributed by atoms with E-state index in [1.54, 1.807) is 30.6 Å². The van der Waals surface area contributed by atoms with Gasteiger partial charge >= 0.3 is 0 Å². The van der Waals surface area contributed by atoms with Crippen molar-refractivity contribution in [3.05, 3.63) is 53.0 Å². The number of hydrogen-bond acceptors (Lipinski definition) is 4. The maximum absolute atomic E-state index is 13.6. The van der Waals surface area contributed by atoms with Gasteiger partial charge in [0.25, 0.3) is 0 Å². The highest BCUT2D eigenvalue weighted by atomic mass is 79.9. The predicted molar refractivity (Wildman–Crippen MR) is 71.5 cm³/mol. The smallest absolute Gasteiger partial charge is 0.221 e. The Morgan fingerprint density at radius 1 is 1.05 bits per heavy atom. The summed E-state index contributed by atoms with van der Waals surface area (Å²) in [6, 6.07) is 7.80. The Labute approximate surface area is 116 Å². The monoisotopic (exact) mass is 319 g/mol. The maximum Gasteiger partial charge on any atom is 0.221 e. The molecule has 2 aromatic heterocycles. The van der Waals surface area contributed by atoms with Crippen LogP contribution in [0.2, 0.25) is 0 Å². The van der Waals surface area contributed by atoms with Crippen LogP contribution in [-0.4, -0.2) is 15.0 Å². The van der Waals surface area contributed by atoms with Crippen LogP contribution in [0.15, 0.2) is 47.2 Å². The van der Waals surface area contributed by atoms with Gasteiger partial charge in [0.05, 0.1) is 0 Å². The minimum Gasteiger partial charge on any atom is -0.436 e.